The molecule has 11 aromatic rings. The quantitative estimate of drug-likeness (QED) is 0.157. The predicted octanol–water partition coefficient (Wildman–Crippen LogP) is 15.8. The Kier molecular flexibility index (Phi) is 8.23. The van der Waals surface area contributed by atoms with Crippen LogP contribution < -0.4 is 4.90 Å². The van der Waals surface area contributed by atoms with Gasteiger partial charge in [-0.2, -0.15) is 0 Å². The summed E-state index contributed by atoms with van der Waals surface area (Å²) in [5.74, 6) is -0.247. The molecule has 0 aliphatic carbocycles. The lowest BCUT2D eigenvalue weighted by Gasteiger charge is -2.29. The first-order valence-corrected chi connectivity index (χ1v) is 20.4. The van der Waals surface area contributed by atoms with Gasteiger partial charge >= 0.3 is 0 Å². The molecule has 4 heteroatoms. The van der Waals surface area contributed by atoms with Gasteiger partial charge in [-0.25, -0.2) is 4.39 Å². The molecule has 2 heterocycles. The molecule has 0 aliphatic rings. The molecule has 0 radical (unpaired) electrons. The van der Waals surface area contributed by atoms with Gasteiger partial charge in [-0.3, -0.25) is 0 Å². The number of halogens is 1. The van der Waals surface area contributed by atoms with Crippen LogP contribution in [0.4, 0.5) is 21.5 Å². The van der Waals surface area contributed by atoms with Gasteiger partial charge in [0.2, 0.25) is 0 Å². The maximum absolute atomic E-state index is 16.0. The topological polar surface area (TPSA) is 8.17 Å². The SMILES string of the molecule is Fc1cccc2c3ccccc3n(-c3ccccc3-c3ccccc3N(c3ccc(-c4ccccc4)cc3)c3ccc(-c4cccc5c4sc4ccccc45)cc3)c12. The highest BCUT2D eigenvalue weighted by molar-refractivity contribution is 7.26. The van der Waals surface area contributed by atoms with Gasteiger partial charge in [0, 0.05) is 53.4 Å². The van der Waals surface area contributed by atoms with Crippen LogP contribution in [0.2, 0.25) is 0 Å². The molecule has 0 saturated carbocycles. The minimum absolute atomic E-state index is 0.247. The van der Waals surface area contributed by atoms with Crippen LogP contribution in [-0.2, 0) is 0 Å². The van der Waals surface area contributed by atoms with Crippen molar-refractivity contribution in [2.24, 2.45) is 0 Å². The summed E-state index contributed by atoms with van der Waals surface area (Å²) in [7, 11) is 0. The summed E-state index contributed by atoms with van der Waals surface area (Å²) in [4.78, 5) is 2.34. The van der Waals surface area contributed by atoms with Crippen LogP contribution in [0, 0.1) is 5.82 Å². The summed E-state index contributed by atoms with van der Waals surface area (Å²) < 4.78 is 20.7. The highest BCUT2D eigenvalue weighted by Crippen LogP contribution is 2.46. The Labute approximate surface area is 339 Å². The summed E-state index contributed by atoms with van der Waals surface area (Å²) in [6, 6.07) is 74.1. The Morgan fingerprint density at radius 2 is 0.966 bits per heavy atom. The van der Waals surface area contributed by atoms with E-state index in [-0.39, 0.29) is 5.82 Å². The van der Waals surface area contributed by atoms with E-state index in [9.17, 15) is 0 Å². The third-order valence-electron chi connectivity index (χ3n) is 11.3. The van der Waals surface area contributed by atoms with Gasteiger partial charge in [0.05, 0.1) is 22.4 Å². The third kappa shape index (κ3) is 5.61. The molecule has 274 valence electrons. The van der Waals surface area contributed by atoms with E-state index in [4.69, 9.17) is 0 Å². The molecule has 0 N–H and O–H groups in total. The fourth-order valence-corrected chi connectivity index (χ4v) is 9.88. The van der Waals surface area contributed by atoms with Gasteiger partial charge in [-0.1, -0.05) is 158 Å². The number of anilines is 3. The maximum atomic E-state index is 16.0. The monoisotopic (exact) mass is 762 g/mol. The Hall–Kier alpha value is -7.27. The van der Waals surface area contributed by atoms with Crippen LogP contribution in [0.25, 0.3) is 81.0 Å². The van der Waals surface area contributed by atoms with E-state index < -0.39 is 0 Å². The molecule has 0 spiro atoms. The lowest BCUT2D eigenvalue weighted by molar-refractivity contribution is 0.635. The molecule has 0 bridgehead atoms. The zero-order valence-corrected chi connectivity index (χ0v) is 32.2. The summed E-state index contributed by atoms with van der Waals surface area (Å²) in [5.41, 5.74) is 12.3. The van der Waals surface area contributed by atoms with Gasteiger partial charge in [-0.05, 0) is 76.9 Å². The number of hydrogen-bond donors (Lipinski definition) is 0. The van der Waals surface area contributed by atoms with Gasteiger partial charge in [0.1, 0.15) is 5.82 Å². The molecule has 9 aromatic carbocycles. The van der Waals surface area contributed by atoms with Crippen LogP contribution in [-0.4, -0.2) is 4.57 Å². The number of benzene rings is 9. The Morgan fingerprint density at radius 1 is 0.397 bits per heavy atom. The Bertz CT molecular complexity index is 3290. The van der Waals surface area contributed by atoms with Crippen molar-refractivity contribution in [1.29, 1.82) is 0 Å². The molecule has 58 heavy (non-hydrogen) atoms. The van der Waals surface area contributed by atoms with Crippen LogP contribution in [0.15, 0.2) is 212 Å². The molecule has 2 aromatic heterocycles. The first kappa shape index (κ1) is 34.0. The van der Waals surface area contributed by atoms with E-state index in [0.717, 1.165) is 55.7 Å². The van der Waals surface area contributed by atoms with Gasteiger partial charge in [0.25, 0.3) is 0 Å². The largest absolute Gasteiger partial charge is 0.310 e. The van der Waals surface area contributed by atoms with Crippen molar-refractivity contribution < 1.29 is 4.39 Å². The zero-order valence-electron chi connectivity index (χ0n) is 31.4. The zero-order chi connectivity index (χ0) is 38.6. The van der Waals surface area contributed by atoms with E-state index >= 15 is 4.39 Å². The second-order valence-corrected chi connectivity index (χ2v) is 15.7. The number of para-hydroxylation sites is 4. The first-order valence-electron chi connectivity index (χ1n) is 19.5. The molecule has 0 atom stereocenters. The summed E-state index contributed by atoms with van der Waals surface area (Å²) in [6.45, 7) is 0. The third-order valence-corrected chi connectivity index (χ3v) is 12.5. The van der Waals surface area contributed by atoms with E-state index in [0.29, 0.717) is 5.52 Å². The number of aromatic nitrogens is 1. The van der Waals surface area contributed by atoms with Crippen molar-refractivity contribution in [3.8, 4) is 39.1 Å². The first-order chi connectivity index (χ1) is 28.7. The van der Waals surface area contributed by atoms with Gasteiger partial charge in [-0.15, -0.1) is 11.3 Å². The summed E-state index contributed by atoms with van der Waals surface area (Å²) in [5, 5.41) is 4.50. The van der Waals surface area contributed by atoms with E-state index in [1.54, 1.807) is 12.1 Å². The standard InChI is InChI=1S/C54H35FN2S/c55-48-23-13-21-46-44-18-6-10-26-51(44)57(53(46)48)50-25-9-5-17-43(50)42-16-4-8-24-49(42)56(39-32-28-37(29-33-39)36-14-2-1-3-15-36)40-34-30-38(31-35-40)41-20-12-22-47-45-19-7-11-27-52(45)58-54(41)47/h1-35H. The Balaban J connectivity index is 1.09. The molecule has 11 rings (SSSR count). The van der Waals surface area contributed by atoms with Gasteiger partial charge in [0.15, 0.2) is 0 Å². The smallest absolute Gasteiger partial charge is 0.147 e. The Morgan fingerprint density at radius 3 is 1.78 bits per heavy atom. The average molecular weight is 763 g/mol. The lowest BCUT2D eigenvalue weighted by atomic mass is 9.98. The fourth-order valence-electron chi connectivity index (χ4n) is 8.65. The van der Waals surface area contributed by atoms with E-state index in [1.807, 2.05) is 41.7 Å². The van der Waals surface area contributed by atoms with Crippen LogP contribution >= 0.6 is 11.3 Å². The maximum Gasteiger partial charge on any atom is 0.147 e. The van der Waals surface area contributed by atoms with Crippen molar-refractivity contribution in [3.63, 3.8) is 0 Å². The normalized spacial score (nSPS) is 11.5. The summed E-state index contributed by atoms with van der Waals surface area (Å²) in [6.07, 6.45) is 0. The second kappa shape index (κ2) is 14.0. The van der Waals surface area contributed by atoms with Crippen molar-refractivity contribution in [1.82, 2.24) is 4.57 Å². The van der Waals surface area contributed by atoms with E-state index in [2.05, 4.69) is 179 Å². The molecule has 0 unspecified atom stereocenters. The summed E-state index contributed by atoms with van der Waals surface area (Å²) >= 11 is 1.85. The van der Waals surface area contributed by atoms with Crippen LogP contribution in [0.3, 0.4) is 0 Å². The fraction of sp³-hybridized carbons (Fsp3) is 0. The van der Waals surface area contributed by atoms with Crippen LogP contribution in [0.1, 0.15) is 0 Å². The van der Waals surface area contributed by atoms with Crippen molar-refractivity contribution in [3.05, 3.63) is 218 Å². The number of fused-ring (bicyclic) bond motifs is 6. The minimum atomic E-state index is -0.247. The number of rotatable bonds is 7. The van der Waals surface area contributed by atoms with Crippen LogP contribution in [0.5, 0.6) is 0 Å². The minimum Gasteiger partial charge on any atom is -0.310 e. The molecule has 0 fully saturated rings. The van der Waals surface area contributed by atoms with Crippen molar-refractivity contribution in [2.45, 2.75) is 0 Å². The molecular formula is C54H35FN2S. The van der Waals surface area contributed by atoms with Crippen molar-refractivity contribution in [2.75, 3.05) is 4.90 Å². The lowest BCUT2D eigenvalue weighted by Crippen LogP contribution is -2.11. The number of nitrogens with zero attached hydrogens (tertiary/aromatic N) is 2. The average Bonchev–Trinajstić information content (AvgIpc) is 3.84. The highest BCUT2D eigenvalue weighted by atomic mass is 32.1. The highest BCUT2D eigenvalue weighted by Gasteiger charge is 2.22. The second-order valence-electron chi connectivity index (χ2n) is 14.6. The number of hydrogen-bond acceptors (Lipinski definition) is 2. The molecule has 2 nitrogen and oxygen atoms in total. The molecular weight excluding hydrogens is 728 g/mol. The van der Waals surface area contributed by atoms with Crippen molar-refractivity contribution >= 4 is 70.4 Å². The van der Waals surface area contributed by atoms with E-state index in [1.165, 1.54) is 36.9 Å². The molecule has 0 saturated heterocycles. The number of thiophene rings is 1. The molecule has 0 aliphatic heterocycles. The predicted molar refractivity (Wildman–Crippen MR) is 245 cm³/mol. The van der Waals surface area contributed by atoms with Gasteiger partial charge < -0.3 is 9.47 Å². The molecule has 0 amide bonds.